The number of halogens is 4. The van der Waals surface area contributed by atoms with Crippen LogP contribution in [0.2, 0.25) is 0 Å². The van der Waals surface area contributed by atoms with Gasteiger partial charge in [0, 0.05) is 24.4 Å². The van der Waals surface area contributed by atoms with Crippen LogP contribution in [0.4, 0.5) is 17.6 Å². The molecular formula is C24H28F4N2O3. The monoisotopic (exact) mass is 468 g/mol. The number of carbonyl (C=O) groups excluding carboxylic acids is 1. The second kappa shape index (κ2) is 9.46. The van der Waals surface area contributed by atoms with Crippen molar-refractivity contribution in [3.8, 4) is 11.3 Å². The van der Waals surface area contributed by atoms with Crippen LogP contribution in [0.5, 0.6) is 0 Å². The number of rotatable bonds is 5. The van der Waals surface area contributed by atoms with Crippen molar-refractivity contribution < 1.29 is 32.2 Å². The molecule has 1 aliphatic carbocycles. The van der Waals surface area contributed by atoms with Crippen molar-refractivity contribution in [2.24, 2.45) is 0 Å². The topological polar surface area (TPSA) is 63.5 Å². The van der Waals surface area contributed by atoms with Gasteiger partial charge in [-0.05, 0) is 56.9 Å². The van der Waals surface area contributed by atoms with Gasteiger partial charge in [-0.25, -0.2) is 4.39 Å². The molecule has 180 valence electrons. The number of hydrogen-bond donors (Lipinski definition) is 2. The molecule has 2 N–H and O–H groups in total. The van der Waals surface area contributed by atoms with E-state index < -0.39 is 29.6 Å². The highest BCUT2D eigenvalue weighted by Crippen LogP contribution is 2.36. The number of amides is 1. The second-order valence-corrected chi connectivity index (χ2v) is 8.90. The van der Waals surface area contributed by atoms with Crippen LogP contribution in [-0.2, 0) is 17.5 Å². The molecule has 1 amide bonds. The van der Waals surface area contributed by atoms with Gasteiger partial charge in [-0.2, -0.15) is 13.2 Å². The molecule has 1 saturated heterocycles. The summed E-state index contributed by atoms with van der Waals surface area (Å²) < 4.78 is 62.1. The van der Waals surface area contributed by atoms with Crippen LogP contribution < -0.4 is 5.32 Å². The maximum Gasteiger partial charge on any atom is 0.416 e. The summed E-state index contributed by atoms with van der Waals surface area (Å²) in [6, 6.07) is 3.34. The summed E-state index contributed by atoms with van der Waals surface area (Å²) in [5.41, 5.74) is -0.223. The van der Waals surface area contributed by atoms with Gasteiger partial charge in [-0.15, -0.1) is 0 Å². The molecule has 4 rings (SSSR count). The van der Waals surface area contributed by atoms with Crippen molar-refractivity contribution >= 4 is 5.91 Å². The predicted molar refractivity (Wildman–Crippen MR) is 114 cm³/mol. The van der Waals surface area contributed by atoms with E-state index in [0.717, 1.165) is 37.8 Å². The molecule has 1 aromatic heterocycles. The summed E-state index contributed by atoms with van der Waals surface area (Å²) in [7, 11) is 0. The fourth-order valence-electron chi connectivity index (χ4n) is 4.75. The van der Waals surface area contributed by atoms with Crippen LogP contribution in [0.15, 0.2) is 24.3 Å². The number of hydrogen-bond acceptors (Lipinski definition) is 3. The summed E-state index contributed by atoms with van der Waals surface area (Å²) >= 11 is 0. The van der Waals surface area contributed by atoms with Crippen molar-refractivity contribution in [2.45, 2.75) is 76.4 Å². The molecule has 9 heteroatoms. The van der Waals surface area contributed by atoms with E-state index in [4.69, 9.17) is 4.74 Å². The second-order valence-electron chi connectivity index (χ2n) is 8.90. The van der Waals surface area contributed by atoms with Crippen LogP contribution in [0, 0.1) is 12.7 Å². The fraction of sp³-hybridized carbons (Fsp3) is 0.542. The molecular weight excluding hydrogens is 440 g/mol. The number of nitrogens with zero attached hydrogens (tertiary/aromatic N) is 1. The number of benzene rings is 1. The van der Waals surface area contributed by atoms with E-state index in [-0.39, 0.29) is 29.0 Å². The lowest BCUT2D eigenvalue weighted by Gasteiger charge is -2.28. The Balaban J connectivity index is 1.73. The van der Waals surface area contributed by atoms with E-state index in [1.54, 1.807) is 11.5 Å². The van der Waals surface area contributed by atoms with Crippen LogP contribution in [0.25, 0.3) is 11.3 Å². The summed E-state index contributed by atoms with van der Waals surface area (Å²) in [6.45, 7) is 2.58. The third-order valence-corrected chi connectivity index (χ3v) is 6.64. The molecule has 0 spiro atoms. The molecule has 1 aliphatic heterocycles. The Hall–Kier alpha value is -2.39. The number of nitrogens with one attached hydrogen (secondary N) is 1. The maximum absolute atomic E-state index is 14.8. The summed E-state index contributed by atoms with van der Waals surface area (Å²) in [5, 5.41) is 13.1. The highest BCUT2D eigenvalue weighted by Gasteiger charge is 2.33. The third kappa shape index (κ3) is 5.09. The number of aliphatic hydroxyl groups excluding tert-OH is 1. The Morgan fingerprint density at radius 1 is 1.18 bits per heavy atom. The van der Waals surface area contributed by atoms with E-state index in [2.05, 4.69) is 5.32 Å². The van der Waals surface area contributed by atoms with E-state index in [9.17, 15) is 27.5 Å². The average Bonchev–Trinajstić information content (AvgIpc) is 3.38. The third-order valence-electron chi connectivity index (χ3n) is 6.64. The van der Waals surface area contributed by atoms with Crippen molar-refractivity contribution in [3.63, 3.8) is 0 Å². The van der Waals surface area contributed by atoms with Gasteiger partial charge in [-0.1, -0.05) is 12.8 Å². The van der Waals surface area contributed by atoms with Crippen LogP contribution in [-0.4, -0.2) is 40.4 Å². The molecule has 33 heavy (non-hydrogen) atoms. The molecule has 3 atom stereocenters. The normalized spacial score (nSPS) is 23.6. The van der Waals surface area contributed by atoms with Crippen LogP contribution in [0.3, 0.4) is 0 Å². The van der Waals surface area contributed by atoms with E-state index >= 15 is 0 Å². The summed E-state index contributed by atoms with van der Waals surface area (Å²) in [6.07, 6.45) is -0.755. The van der Waals surface area contributed by atoms with Crippen LogP contribution in [0.1, 0.15) is 60.1 Å². The molecule has 2 fully saturated rings. The van der Waals surface area contributed by atoms with Gasteiger partial charge in [0.25, 0.3) is 5.91 Å². The van der Waals surface area contributed by atoms with E-state index in [1.807, 2.05) is 0 Å². The van der Waals surface area contributed by atoms with Gasteiger partial charge in [0.05, 0.1) is 35.1 Å². The zero-order chi connectivity index (χ0) is 23.8. The molecule has 2 heterocycles. The number of aromatic nitrogens is 1. The minimum Gasteiger partial charge on any atom is -0.391 e. The first kappa shape index (κ1) is 23.8. The zero-order valence-corrected chi connectivity index (χ0v) is 18.4. The molecule has 1 saturated carbocycles. The SMILES string of the molecule is Cc1c(C(=O)N[C@@H]2CCCC[C@H]2O)cc(-c2cc(C(F)(F)F)ccc2F)n1C[C@H]1CCCO1. The molecule has 2 aromatic rings. The highest BCUT2D eigenvalue weighted by molar-refractivity contribution is 5.97. The lowest BCUT2D eigenvalue weighted by atomic mass is 9.92. The first-order valence-electron chi connectivity index (χ1n) is 11.3. The minimum atomic E-state index is -4.62. The van der Waals surface area contributed by atoms with Gasteiger partial charge in [0.1, 0.15) is 5.82 Å². The number of carbonyl (C=O) groups is 1. The van der Waals surface area contributed by atoms with E-state index in [0.29, 0.717) is 37.8 Å². The Morgan fingerprint density at radius 3 is 2.61 bits per heavy atom. The smallest absolute Gasteiger partial charge is 0.391 e. The fourth-order valence-corrected chi connectivity index (χ4v) is 4.75. The average molecular weight is 468 g/mol. The zero-order valence-electron chi connectivity index (χ0n) is 18.4. The maximum atomic E-state index is 14.8. The van der Waals surface area contributed by atoms with Crippen molar-refractivity contribution in [3.05, 3.63) is 46.9 Å². The summed E-state index contributed by atoms with van der Waals surface area (Å²) in [4.78, 5) is 13.1. The molecule has 5 nitrogen and oxygen atoms in total. The minimum absolute atomic E-state index is 0.167. The first-order chi connectivity index (χ1) is 15.6. The number of alkyl halides is 3. The summed E-state index contributed by atoms with van der Waals surface area (Å²) in [5.74, 6) is -1.23. The van der Waals surface area contributed by atoms with Gasteiger partial charge in [0.15, 0.2) is 0 Å². The van der Waals surface area contributed by atoms with Crippen LogP contribution >= 0.6 is 0 Å². The number of aliphatic hydroxyl groups is 1. The molecule has 0 unspecified atom stereocenters. The first-order valence-corrected chi connectivity index (χ1v) is 11.3. The largest absolute Gasteiger partial charge is 0.416 e. The standard InChI is InChI=1S/C24H28F4N2O3/c1-14-17(23(32)29-20-6-2-3-7-22(20)31)12-21(30(14)13-16-5-4-10-33-16)18-11-15(24(26,27)28)8-9-19(18)25/h8-9,11-12,16,20,22,31H,2-7,10,13H2,1H3,(H,29,32)/t16-,20-,22-/m1/s1. The Bertz CT molecular complexity index is 1010. The van der Waals surface area contributed by atoms with Crippen molar-refractivity contribution in [1.82, 2.24) is 9.88 Å². The van der Waals surface area contributed by atoms with Crippen molar-refractivity contribution in [2.75, 3.05) is 6.61 Å². The van der Waals surface area contributed by atoms with Gasteiger partial charge < -0.3 is 19.7 Å². The number of ether oxygens (including phenoxy) is 1. The van der Waals surface area contributed by atoms with Gasteiger partial charge in [-0.3, -0.25) is 4.79 Å². The quantitative estimate of drug-likeness (QED) is 0.618. The molecule has 2 aliphatic rings. The lowest BCUT2D eigenvalue weighted by Crippen LogP contribution is -2.45. The molecule has 1 aromatic carbocycles. The lowest BCUT2D eigenvalue weighted by molar-refractivity contribution is -0.137. The Morgan fingerprint density at radius 2 is 1.94 bits per heavy atom. The molecule has 0 radical (unpaired) electrons. The van der Waals surface area contributed by atoms with Gasteiger partial charge in [0.2, 0.25) is 0 Å². The van der Waals surface area contributed by atoms with Crippen molar-refractivity contribution in [1.29, 1.82) is 0 Å². The van der Waals surface area contributed by atoms with Gasteiger partial charge >= 0.3 is 6.18 Å². The van der Waals surface area contributed by atoms with E-state index in [1.165, 1.54) is 6.07 Å². The highest BCUT2D eigenvalue weighted by atomic mass is 19.4. The Kier molecular flexibility index (Phi) is 6.81. The molecule has 0 bridgehead atoms. The Labute approximate surface area is 189 Å². The predicted octanol–water partition coefficient (Wildman–Crippen LogP) is 4.83.